The second-order valence-electron chi connectivity index (χ2n) is 7.41. The van der Waals surface area contributed by atoms with E-state index in [0.29, 0.717) is 0 Å². The standard InChI is InChI=1S/C18H24N2O2/c1-17(2,3)18-10-9-15(20(18)16(21)22)12-19(13-18)11-14-7-5-4-6-8-14/h4-10,15H,11-13H2,1-3H3,(H,21,22)/t15-,18-/m0/s1. The number of nitrogens with zero attached hydrogens (tertiary/aromatic N) is 2. The lowest BCUT2D eigenvalue weighted by Gasteiger charge is -2.54. The van der Waals surface area contributed by atoms with E-state index in [0.717, 1.165) is 19.6 Å². The van der Waals surface area contributed by atoms with Crippen LogP contribution in [0.15, 0.2) is 42.5 Å². The number of hydrogen-bond donors (Lipinski definition) is 1. The van der Waals surface area contributed by atoms with Crippen LogP contribution in [0.25, 0.3) is 0 Å². The minimum atomic E-state index is -0.815. The molecule has 1 amide bonds. The molecule has 0 aliphatic carbocycles. The molecular formula is C18H24N2O2. The SMILES string of the molecule is CC(C)(C)[C@]12C=C[C@@H](CN(Cc3ccccc3)C1)N2C(=O)O. The molecule has 0 saturated carbocycles. The number of benzene rings is 1. The highest BCUT2D eigenvalue weighted by Crippen LogP contribution is 2.45. The number of amides is 1. The second-order valence-corrected chi connectivity index (χ2v) is 7.41. The van der Waals surface area contributed by atoms with Crippen molar-refractivity contribution in [3.05, 3.63) is 48.0 Å². The molecule has 118 valence electrons. The van der Waals surface area contributed by atoms with E-state index >= 15 is 0 Å². The molecule has 2 aliphatic rings. The molecule has 0 unspecified atom stereocenters. The summed E-state index contributed by atoms with van der Waals surface area (Å²) in [6, 6.07) is 10.3. The third kappa shape index (κ3) is 2.31. The van der Waals surface area contributed by atoms with Crippen LogP contribution in [0.5, 0.6) is 0 Å². The van der Waals surface area contributed by atoms with Crippen LogP contribution in [-0.4, -0.2) is 45.7 Å². The molecule has 1 N–H and O–H groups in total. The summed E-state index contributed by atoms with van der Waals surface area (Å²) < 4.78 is 0. The molecular weight excluding hydrogens is 276 g/mol. The van der Waals surface area contributed by atoms with Crippen molar-refractivity contribution < 1.29 is 9.90 Å². The number of fused-ring (bicyclic) bond motifs is 2. The highest BCUT2D eigenvalue weighted by molar-refractivity contribution is 5.69. The Labute approximate surface area is 132 Å². The first-order valence-corrected chi connectivity index (χ1v) is 7.81. The normalized spacial score (nSPS) is 28.1. The van der Waals surface area contributed by atoms with Gasteiger partial charge in [0.15, 0.2) is 0 Å². The summed E-state index contributed by atoms with van der Waals surface area (Å²) in [6.45, 7) is 8.75. The predicted molar refractivity (Wildman–Crippen MR) is 86.7 cm³/mol. The van der Waals surface area contributed by atoms with E-state index < -0.39 is 11.6 Å². The molecule has 0 spiro atoms. The largest absolute Gasteiger partial charge is 0.465 e. The number of carboxylic acid groups (broad SMARTS) is 1. The average molecular weight is 300 g/mol. The highest BCUT2D eigenvalue weighted by Gasteiger charge is 2.56. The van der Waals surface area contributed by atoms with Crippen LogP contribution in [0.2, 0.25) is 0 Å². The van der Waals surface area contributed by atoms with Gasteiger partial charge in [0, 0.05) is 19.6 Å². The Morgan fingerprint density at radius 2 is 2.00 bits per heavy atom. The minimum Gasteiger partial charge on any atom is -0.465 e. The number of rotatable bonds is 2. The van der Waals surface area contributed by atoms with E-state index in [2.05, 4.69) is 62.1 Å². The van der Waals surface area contributed by atoms with E-state index in [-0.39, 0.29) is 11.5 Å². The molecule has 2 aliphatic heterocycles. The molecule has 4 nitrogen and oxygen atoms in total. The Bertz CT molecular complexity index is 591. The smallest absolute Gasteiger partial charge is 0.408 e. The van der Waals surface area contributed by atoms with Crippen molar-refractivity contribution in [3.8, 4) is 0 Å². The summed E-state index contributed by atoms with van der Waals surface area (Å²) in [5.74, 6) is 0. The fraction of sp³-hybridized carbons (Fsp3) is 0.500. The van der Waals surface area contributed by atoms with Crippen LogP contribution in [0.4, 0.5) is 4.79 Å². The molecule has 2 bridgehead atoms. The van der Waals surface area contributed by atoms with Crippen molar-refractivity contribution in [2.45, 2.75) is 38.9 Å². The van der Waals surface area contributed by atoms with Crippen molar-refractivity contribution in [1.29, 1.82) is 0 Å². The van der Waals surface area contributed by atoms with Crippen molar-refractivity contribution in [2.75, 3.05) is 13.1 Å². The summed E-state index contributed by atoms with van der Waals surface area (Å²) in [7, 11) is 0. The molecule has 0 radical (unpaired) electrons. The summed E-state index contributed by atoms with van der Waals surface area (Å²) in [4.78, 5) is 15.8. The lowest BCUT2D eigenvalue weighted by Crippen LogP contribution is -2.68. The zero-order valence-corrected chi connectivity index (χ0v) is 13.5. The fourth-order valence-electron chi connectivity index (χ4n) is 3.80. The van der Waals surface area contributed by atoms with Crippen LogP contribution in [0, 0.1) is 5.41 Å². The molecule has 22 heavy (non-hydrogen) atoms. The van der Waals surface area contributed by atoms with Crippen molar-refractivity contribution in [3.63, 3.8) is 0 Å². The third-order valence-electron chi connectivity index (χ3n) is 5.02. The molecule has 1 fully saturated rings. The Morgan fingerprint density at radius 1 is 1.32 bits per heavy atom. The first kappa shape index (κ1) is 15.1. The molecule has 1 aromatic rings. The van der Waals surface area contributed by atoms with Gasteiger partial charge in [0.2, 0.25) is 0 Å². The van der Waals surface area contributed by atoms with Gasteiger partial charge in [0.1, 0.15) is 0 Å². The third-order valence-corrected chi connectivity index (χ3v) is 5.02. The topological polar surface area (TPSA) is 43.8 Å². The van der Waals surface area contributed by atoms with Gasteiger partial charge in [-0.2, -0.15) is 0 Å². The number of hydrogen-bond acceptors (Lipinski definition) is 2. The maximum Gasteiger partial charge on any atom is 0.408 e. The molecule has 4 heteroatoms. The van der Waals surface area contributed by atoms with Gasteiger partial charge in [0.25, 0.3) is 0 Å². The van der Waals surface area contributed by atoms with Crippen LogP contribution in [-0.2, 0) is 6.54 Å². The van der Waals surface area contributed by atoms with E-state index in [1.807, 2.05) is 6.07 Å². The second kappa shape index (κ2) is 5.13. The number of carbonyl (C=O) groups is 1. The number of piperazine rings is 1. The summed E-state index contributed by atoms with van der Waals surface area (Å²) in [6.07, 6.45) is 3.38. The highest BCUT2D eigenvalue weighted by atomic mass is 16.4. The maximum atomic E-state index is 11.8. The van der Waals surface area contributed by atoms with Crippen molar-refractivity contribution in [2.24, 2.45) is 5.41 Å². The maximum absolute atomic E-state index is 11.8. The molecule has 1 aromatic carbocycles. The van der Waals surface area contributed by atoms with Gasteiger partial charge in [-0.15, -0.1) is 0 Å². The van der Waals surface area contributed by atoms with Crippen LogP contribution in [0.3, 0.4) is 0 Å². The van der Waals surface area contributed by atoms with Gasteiger partial charge in [-0.25, -0.2) is 4.79 Å². The van der Waals surface area contributed by atoms with Crippen molar-refractivity contribution >= 4 is 6.09 Å². The predicted octanol–water partition coefficient (Wildman–Crippen LogP) is 3.21. The molecule has 2 heterocycles. The van der Waals surface area contributed by atoms with Gasteiger partial charge in [0.05, 0.1) is 11.6 Å². The average Bonchev–Trinajstić information content (AvgIpc) is 2.69. The Hall–Kier alpha value is -1.81. The van der Waals surface area contributed by atoms with E-state index in [9.17, 15) is 9.90 Å². The lowest BCUT2D eigenvalue weighted by atomic mass is 9.72. The first-order chi connectivity index (χ1) is 10.3. The van der Waals surface area contributed by atoms with E-state index in [4.69, 9.17) is 0 Å². The summed E-state index contributed by atoms with van der Waals surface area (Å²) in [5.41, 5.74) is 0.678. The van der Waals surface area contributed by atoms with Gasteiger partial charge in [-0.1, -0.05) is 63.3 Å². The summed E-state index contributed by atoms with van der Waals surface area (Å²) in [5, 5.41) is 9.69. The quantitative estimate of drug-likeness (QED) is 0.853. The van der Waals surface area contributed by atoms with Crippen LogP contribution in [0.1, 0.15) is 26.3 Å². The van der Waals surface area contributed by atoms with Gasteiger partial charge < -0.3 is 5.11 Å². The van der Waals surface area contributed by atoms with Crippen LogP contribution >= 0.6 is 0 Å². The van der Waals surface area contributed by atoms with E-state index in [1.54, 1.807) is 4.90 Å². The molecule has 2 atom stereocenters. The van der Waals surface area contributed by atoms with E-state index in [1.165, 1.54) is 5.56 Å². The zero-order chi connectivity index (χ0) is 16.0. The van der Waals surface area contributed by atoms with Crippen LogP contribution < -0.4 is 0 Å². The van der Waals surface area contributed by atoms with Crippen molar-refractivity contribution in [1.82, 2.24) is 9.80 Å². The van der Waals surface area contributed by atoms with Gasteiger partial charge >= 0.3 is 6.09 Å². The monoisotopic (exact) mass is 300 g/mol. The minimum absolute atomic E-state index is 0.0470. The molecule has 3 rings (SSSR count). The molecule has 0 aromatic heterocycles. The Morgan fingerprint density at radius 3 is 2.59 bits per heavy atom. The van der Waals surface area contributed by atoms with Gasteiger partial charge in [-0.3, -0.25) is 9.80 Å². The Balaban J connectivity index is 1.88. The lowest BCUT2D eigenvalue weighted by molar-refractivity contribution is -0.0343. The fourth-order valence-corrected chi connectivity index (χ4v) is 3.80. The zero-order valence-electron chi connectivity index (χ0n) is 13.5. The first-order valence-electron chi connectivity index (χ1n) is 7.81. The Kier molecular flexibility index (Phi) is 3.52. The summed E-state index contributed by atoms with van der Waals surface area (Å²) >= 11 is 0. The van der Waals surface area contributed by atoms with Gasteiger partial charge in [-0.05, 0) is 11.0 Å². The molecule has 1 saturated heterocycles.